The fourth-order valence-electron chi connectivity index (χ4n) is 0.621. The third-order valence-corrected chi connectivity index (χ3v) is 1.40. The molecule has 0 rings (SSSR count). The molecule has 0 heterocycles. The molecular weight excluding hydrogens is 240 g/mol. The van der Waals surface area contributed by atoms with Gasteiger partial charge in [-0.25, -0.2) is 0 Å². The fourth-order valence-corrected chi connectivity index (χ4v) is 0.808. The number of halogens is 1. The largest absolute Gasteiger partial charge is 0.394 e. The van der Waals surface area contributed by atoms with E-state index in [9.17, 15) is 0 Å². The minimum Gasteiger partial charge on any atom is -0.394 e. The van der Waals surface area contributed by atoms with Gasteiger partial charge in [-0.1, -0.05) is 15.9 Å². The first kappa shape index (κ1) is 13.3. The zero-order valence-electron chi connectivity index (χ0n) is 7.58. The van der Waals surface area contributed by atoms with Crippen molar-refractivity contribution < 1.29 is 19.3 Å². The Kier molecular flexibility index (Phi) is 10.7. The zero-order chi connectivity index (χ0) is 9.94. The van der Waals surface area contributed by atoms with Crippen molar-refractivity contribution in [3.63, 3.8) is 0 Å². The average Bonchev–Trinajstić information content (AvgIpc) is 2.09. The van der Waals surface area contributed by atoms with Crippen molar-refractivity contribution in [1.29, 1.82) is 0 Å². The van der Waals surface area contributed by atoms with Crippen molar-refractivity contribution in [3.05, 3.63) is 6.92 Å². The molecule has 0 amide bonds. The maximum Gasteiger partial charge on any atom is 0.112 e. The Morgan fingerprint density at radius 3 is 2.15 bits per heavy atom. The van der Waals surface area contributed by atoms with E-state index in [4.69, 9.17) is 19.3 Å². The van der Waals surface area contributed by atoms with Crippen LogP contribution in [-0.2, 0) is 14.2 Å². The second kappa shape index (κ2) is 10.4. The highest BCUT2D eigenvalue weighted by Gasteiger charge is 1.94. The molecule has 0 bridgehead atoms. The Morgan fingerprint density at radius 1 is 1.08 bits per heavy atom. The molecule has 5 heteroatoms. The molecular formula is C8H16BrO4. The number of ether oxygens (including phenoxy) is 3. The molecule has 0 fully saturated rings. The topological polar surface area (TPSA) is 47.9 Å². The number of hydrogen-bond acceptors (Lipinski definition) is 4. The monoisotopic (exact) mass is 255 g/mol. The molecule has 79 valence electrons. The van der Waals surface area contributed by atoms with Crippen LogP contribution < -0.4 is 0 Å². The summed E-state index contributed by atoms with van der Waals surface area (Å²) in [5, 5.41) is 8.19. The maximum absolute atomic E-state index is 8.37. The van der Waals surface area contributed by atoms with Gasteiger partial charge in [0.15, 0.2) is 0 Å². The van der Waals surface area contributed by atoms with E-state index in [2.05, 4.69) is 22.9 Å². The van der Waals surface area contributed by atoms with Crippen molar-refractivity contribution in [2.75, 3.05) is 39.6 Å². The summed E-state index contributed by atoms with van der Waals surface area (Å²) < 4.78 is 15.2. The van der Waals surface area contributed by atoms with E-state index < -0.39 is 0 Å². The lowest BCUT2D eigenvalue weighted by Crippen LogP contribution is -2.12. The molecule has 1 radical (unpaired) electrons. The lowest BCUT2D eigenvalue weighted by atomic mass is 10.7. The van der Waals surface area contributed by atoms with Gasteiger partial charge in [0, 0.05) is 0 Å². The van der Waals surface area contributed by atoms with Gasteiger partial charge in [0.05, 0.1) is 39.6 Å². The molecule has 1 N–H and O–H groups in total. The highest BCUT2D eigenvalue weighted by molar-refractivity contribution is 9.09. The van der Waals surface area contributed by atoms with E-state index in [-0.39, 0.29) is 11.6 Å². The third kappa shape index (κ3) is 12.3. The summed E-state index contributed by atoms with van der Waals surface area (Å²) in [5.74, 6) is 0. The van der Waals surface area contributed by atoms with Gasteiger partial charge >= 0.3 is 0 Å². The highest BCUT2D eigenvalue weighted by atomic mass is 79.9. The molecule has 0 aliphatic heterocycles. The first-order valence-corrected chi connectivity index (χ1v) is 5.04. The van der Waals surface area contributed by atoms with Crippen molar-refractivity contribution in [1.82, 2.24) is 0 Å². The number of rotatable bonds is 9. The minimum absolute atomic E-state index is 0.0515. The maximum atomic E-state index is 8.37. The smallest absolute Gasteiger partial charge is 0.112 e. The second-order valence-corrected chi connectivity index (χ2v) is 3.25. The average molecular weight is 256 g/mol. The summed E-state index contributed by atoms with van der Waals surface area (Å²) in [4.78, 5) is 0. The van der Waals surface area contributed by atoms with Crippen LogP contribution in [-0.4, -0.2) is 49.8 Å². The molecule has 0 aromatic carbocycles. The van der Waals surface area contributed by atoms with Crippen molar-refractivity contribution in [3.8, 4) is 0 Å². The lowest BCUT2D eigenvalue weighted by molar-refractivity contribution is 0.00868. The van der Waals surface area contributed by atoms with Gasteiger partial charge in [-0.3, -0.25) is 0 Å². The van der Waals surface area contributed by atoms with Crippen LogP contribution in [0.2, 0.25) is 0 Å². The summed E-state index contributed by atoms with van der Waals surface area (Å²) in [6.45, 7) is 6.06. The van der Waals surface area contributed by atoms with Crippen LogP contribution in [0.3, 0.4) is 0 Å². The van der Waals surface area contributed by atoms with Crippen molar-refractivity contribution in [2.24, 2.45) is 0 Å². The lowest BCUT2D eigenvalue weighted by Gasteiger charge is -2.06. The predicted molar refractivity (Wildman–Crippen MR) is 52.7 cm³/mol. The van der Waals surface area contributed by atoms with E-state index in [0.29, 0.717) is 33.0 Å². The van der Waals surface area contributed by atoms with E-state index in [1.807, 2.05) is 0 Å². The first-order chi connectivity index (χ1) is 6.27. The van der Waals surface area contributed by atoms with E-state index in [1.165, 1.54) is 0 Å². The summed E-state index contributed by atoms with van der Waals surface area (Å²) in [7, 11) is 0. The third-order valence-electron chi connectivity index (χ3n) is 1.13. The fraction of sp³-hybridized carbons (Fsp3) is 0.875. The Bertz CT molecular complexity index is 100. The van der Waals surface area contributed by atoms with E-state index in [1.54, 1.807) is 0 Å². The van der Waals surface area contributed by atoms with Gasteiger partial charge < -0.3 is 19.3 Å². The number of aliphatic hydroxyl groups excluding tert-OH is 1. The summed E-state index contributed by atoms with van der Waals surface area (Å²) >= 11 is 3.14. The molecule has 0 aliphatic carbocycles. The van der Waals surface area contributed by atoms with Gasteiger partial charge in [-0.2, -0.15) is 0 Å². The molecule has 0 aromatic rings. The second-order valence-electron chi connectivity index (χ2n) is 2.23. The van der Waals surface area contributed by atoms with Crippen LogP contribution in [0.1, 0.15) is 0 Å². The molecule has 0 saturated heterocycles. The van der Waals surface area contributed by atoms with Gasteiger partial charge in [0.2, 0.25) is 0 Å². The van der Waals surface area contributed by atoms with Crippen LogP contribution in [0.4, 0.5) is 0 Å². The quantitative estimate of drug-likeness (QED) is 0.484. The van der Waals surface area contributed by atoms with Crippen LogP contribution in [0.15, 0.2) is 0 Å². The Morgan fingerprint density at radius 2 is 1.62 bits per heavy atom. The number of aliphatic hydroxyl groups is 1. The van der Waals surface area contributed by atoms with Crippen molar-refractivity contribution >= 4 is 15.9 Å². The van der Waals surface area contributed by atoms with Gasteiger partial charge in [-0.15, -0.1) is 0 Å². The van der Waals surface area contributed by atoms with Crippen LogP contribution in [0.25, 0.3) is 0 Å². The van der Waals surface area contributed by atoms with Gasteiger partial charge in [0.1, 0.15) is 5.01 Å². The predicted octanol–water partition coefficient (Wildman–Crippen LogP) is 0.584. The number of alkyl halides is 1. The molecule has 1 atom stereocenters. The van der Waals surface area contributed by atoms with Crippen LogP contribution in [0.5, 0.6) is 0 Å². The van der Waals surface area contributed by atoms with Crippen LogP contribution in [0, 0.1) is 6.92 Å². The van der Waals surface area contributed by atoms with Crippen molar-refractivity contribution in [2.45, 2.75) is 5.01 Å². The van der Waals surface area contributed by atoms with Crippen LogP contribution >= 0.6 is 15.9 Å². The Balaban J connectivity index is 2.84. The zero-order valence-corrected chi connectivity index (χ0v) is 9.16. The normalized spacial score (nSPS) is 13.2. The molecule has 0 aromatic heterocycles. The molecule has 1 unspecified atom stereocenters. The molecule has 0 saturated carbocycles. The van der Waals surface area contributed by atoms with Gasteiger partial charge in [0.25, 0.3) is 0 Å². The first-order valence-electron chi connectivity index (χ1n) is 4.12. The molecule has 13 heavy (non-hydrogen) atoms. The molecule has 0 spiro atoms. The Hall–Kier alpha value is 0.320. The SMILES string of the molecule is [CH2]C(Br)OCCOCCOCCO. The summed E-state index contributed by atoms with van der Waals surface area (Å²) in [5.41, 5.74) is 0. The van der Waals surface area contributed by atoms with E-state index in [0.717, 1.165) is 0 Å². The van der Waals surface area contributed by atoms with Gasteiger partial charge in [-0.05, 0) is 6.92 Å². The number of hydrogen-bond donors (Lipinski definition) is 1. The summed E-state index contributed by atoms with van der Waals surface area (Å²) in [6.07, 6.45) is 0. The molecule has 4 nitrogen and oxygen atoms in total. The van der Waals surface area contributed by atoms with E-state index >= 15 is 0 Å². The molecule has 0 aliphatic rings. The standard InChI is InChI=1S/C8H16BrO4/c1-8(9)13-7-6-12-5-4-11-3-2-10/h8,10H,1-7H2. The highest BCUT2D eigenvalue weighted by Crippen LogP contribution is 1.97. The summed E-state index contributed by atoms with van der Waals surface area (Å²) in [6, 6.07) is 0. The minimum atomic E-state index is -0.179. The Labute approximate surface area is 87.3 Å².